The Hall–Kier alpha value is -1.26. The smallest absolute Gasteiger partial charge is 0.326 e. The monoisotopic (exact) mass is 268 g/mol. The summed E-state index contributed by atoms with van der Waals surface area (Å²) >= 11 is 0. The van der Waals surface area contributed by atoms with Crippen molar-refractivity contribution in [2.24, 2.45) is 5.92 Å². The number of aliphatic carboxylic acids is 1. The van der Waals surface area contributed by atoms with Crippen LogP contribution in [0.25, 0.3) is 0 Å². The van der Waals surface area contributed by atoms with E-state index in [-0.39, 0.29) is 12.1 Å². The number of carbonyl (C=O) groups excluding carboxylic acids is 1. The van der Waals surface area contributed by atoms with Gasteiger partial charge in [0.1, 0.15) is 6.04 Å². The van der Waals surface area contributed by atoms with E-state index in [9.17, 15) is 14.7 Å². The molecule has 1 unspecified atom stereocenters. The van der Waals surface area contributed by atoms with Gasteiger partial charge in [-0.25, -0.2) is 9.59 Å². The lowest BCUT2D eigenvalue weighted by atomic mass is 9.82. The first-order valence-corrected chi connectivity index (χ1v) is 7.38. The van der Waals surface area contributed by atoms with Gasteiger partial charge in [-0.2, -0.15) is 0 Å². The molecule has 19 heavy (non-hydrogen) atoms. The normalized spacial score (nSPS) is 31.8. The van der Waals surface area contributed by atoms with E-state index < -0.39 is 12.0 Å². The van der Waals surface area contributed by atoms with Crippen LogP contribution in [0.2, 0.25) is 0 Å². The second kappa shape index (κ2) is 6.26. The molecular formula is C14H24N2O3. The molecule has 2 amide bonds. The molecule has 0 aromatic carbocycles. The molecule has 5 heteroatoms. The molecular weight excluding hydrogens is 244 g/mol. The number of likely N-dealkylation sites (tertiary alicyclic amines) is 1. The number of nitrogens with zero attached hydrogens (tertiary/aromatic N) is 1. The van der Waals surface area contributed by atoms with E-state index in [1.54, 1.807) is 0 Å². The highest BCUT2D eigenvalue weighted by Crippen LogP contribution is 2.27. The van der Waals surface area contributed by atoms with Gasteiger partial charge in [-0.3, -0.25) is 0 Å². The van der Waals surface area contributed by atoms with Crippen LogP contribution in [0.5, 0.6) is 0 Å². The fourth-order valence-corrected chi connectivity index (χ4v) is 3.06. The molecule has 5 nitrogen and oxygen atoms in total. The highest BCUT2D eigenvalue weighted by atomic mass is 16.4. The van der Waals surface area contributed by atoms with Gasteiger partial charge in [-0.15, -0.1) is 0 Å². The van der Waals surface area contributed by atoms with Crippen LogP contribution in [0.1, 0.15) is 51.9 Å². The summed E-state index contributed by atoms with van der Waals surface area (Å²) in [7, 11) is 0. The van der Waals surface area contributed by atoms with E-state index in [0.717, 1.165) is 38.5 Å². The van der Waals surface area contributed by atoms with Gasteiger partial charge in [0, 0.05) is 12.6 Å². The fourth-order valence-electron chi connectivity index (χ4n) is 3.06. The molecule has 2 rings (SSSR count). The maximum Gasteiger partial charge on any atom is 0.326 e. The van der Waals surface area contributed by atoms with Crippen molar-refractivity contribution < 1.29 is 14.7 Å². The zero-order valence-electron chi connectivity index (χ0n) is 11.6. The van der Waals surface area contributed by atoms with E-state index in [2.05, 4.69) is 12.2 Å². The van der Waals surface area contributed by atoms with Gasteiger partial charge >= 0.3 is 12.0 Å². The zero-order valence-corrected chi connectivity index (χ0v) is 11.6. The van der Waals surface area contributed by atoms with E-state index in [0.29, 0.717) is 18.9 Å². The molecule has 2 aliphatic rings. The van der Waals surface area contributed by atoms with Crippen LogP contribution in [0, 0.1) is 5.92 Å². The van der Waals surface area contributed by atoms with Crippen molar-refractivity contribution in [1.29, 1.82) is 0 Å². The predicted molar refractivity (Wildman–Crippen MR) is 71.9 cm³/mol. The average Bonchev–Trinajstić information content (AvgIpc) is 2.25. The predicted octanol–water partition coefficient (Wildman–Crippen LogP) is 2.21. The minimum absolute atomic E-state index is 0.189. The highest BCUT2D eigenvalue weighted by molar-refractivity contribution is 5.82. The Balaban J connectivity index is 1.95. The van der Waals surface area contributed by atoms with Crippen molar-refractivity contribution in [3.63, 3.8) is 0 Å². The zero-order chi connectivity index (χ0) is 13.8. The third-order valence-electron chi connectivity index (χ3n) is 4.25. The van der Waals surface area contributed by atoms with Gasteiger partial charge in [-0.05, 0) is 31.6 Å². The molecule has 0 bridgehead atoms. The van der Waals surface area contributed by atoms with E-state index in [1.165, 1.54) is 4.90 Å². The lowest BCUT2D eigenvalue weighted by Gasteiger charge is -2.37. The van der Waals surface area contributed by atoms with Crippen molar-refractivity contribution in [3.05, 3.63) is 0 Å². The molecule has 0 aromatic rings. The van der Waals surface area contributed by atoms with Crippen LogP contribution < -0.4 is 5.32 Å². The molecule has 108 valence electrons. The summed E-state index contributed by atoms with van der Waals surface area (Å²) in [6.45, 7) is 2.73. The Morgan fingerprint density at radius 2 is 1.84 bits per heavy atom. The Morgan fingerprint density at radius 1 is 1.16 bits per heavy atom. The number of carbonyl (C=O) groups is 2. The topological polar surface area (TPSA) is 69.6 Å². The molecule has 1 saturated carbocycles. The number of amides is 2. The number of rotatable bonds is 2. The molecule has 1 aliphatic carbocycles. The standard InChI is InChI=1S/C14H24N2O3/c1-10-8-11(9-10)15-14(19)16-7-5-3-2-4-6-12(16)13(17)18/h10-12H,2-9H2,1H3,(H,15,19)(H,17,18). The quantitative estimate of drug-likeness (QED) is 0.806. The Labute approximate surface area is 114 Å². The summed E-state index contributed by atoms with van der Waals surface area (Å²) < 4.78 is 0. The van der Waals surface area contributed by atoms with Crippen LogP contribution >= 0.6 is 0 Å². The number of nitrogens with one attached hydrogen (secondary N) is 1. The van der Waals surface area contributed by atoms with Gasteiger partial charge in [0.05, 0.1) is 0 Å². The SMILES string of the molecule is CC1CC(NC(=O)N2CCCCCCC2C(=O)O)C1. The first kappa shape index (κ1) is 14.2. The molecule has 2 fully saturated rings. The third-order valence-corrected chi connectivity index (χ3v) is 4.25. The van der Waals surface area contributed by atoms with Crippen molar-refractivity contribution in [1.82, 2.24) is 10.2 Å². The third kappa shape index (κ3) is 3.61. The Bertz CT molecular complexity index is 340. The number of urea groups is 1. The van der Waals surface area contributed by atoms with Gasteiger partial charge in [0.25, 0.3) is 0 Å². The highest BCUT2D eigenvalue weighted by Gasteiger charge is 2.33. The molecule has 1 heterocycles. The molecule has 0 aromatic heterocycles. The van der Waals surface area contributed by atoms with Crippen LogP contribution in [0.4, 0.5) is 4.79 Å². The van der Waals surface area contributed by atoms with Crippen molar-refractivity contribution in [3.8, 4) is 0 Å². The van der Waals surface area contributed by atoms with Crippen LogP contribution in [-0.4, -0.2) is 40.6 Å². The van der Waals surface area contributed by atoms with Crippen molar-refractivity contribution in [2.45, 2.75) is 64.0 Å². The van der Waals surface area contributed by atoms with Crippen LogP contribution in [-0.2, 0) is 4.79 Å². The van der Waals surface area contributed by atoms with E-state index in [4.69, 9.17) is 0 Å². The second-order valence-corrected chi connectivity index (χ2v) is 5.97. The summed E-state index contributed by atoms with van der Waals surface area (Å²) in [6.07, 6.45) is 6.54. The van der Waals surface area contributed by atoms with Gasteiger partial charge < -0.3 is 15.3 Å². The summed E-state index contributed by atoms with van der Waals surface area (Å²) in [6, 6.07) is -0.605. The fraction of sp³-hybridized carbons (Fsp3) is 0.857. The van der Waals surface area contributed by atoms with Crippen LogP contribution in [0.15, 0.2) is 0 Å². The number of carboxylic acid groups (broad SMARTS) is 1. The maximum atomic E-state index is 12.2. The summed E-state index contributed by atoms with van der Waals surface area (Å²) in [5.74, 6) is -0.202. The minimum atomic E-state index is -0.876. The average molecular weight is 268 g/mol. The summed E-state index contributed by atoms with van der Waals surface area (Å²) in [5, 5.41) is 12.3. The first-order valence-electron chi connectivity index (χ1n) is 7.38. The van der Waals surface area contributed by atoms with Crippen molar-refractivity contribution in [2.75, 3.05) is 6.54 Å². The number of hydrogen-bond donors (Lipinski definition) is 2. The maximum absolute atomic E-state index is 12.2. The lowest BCUT2D eigenvalue weighted by molar-refractivity contribution is -0.142. The minimum Gasteiger partial charge on any atom is -0.480 e. The summed E-state index contributed by atoms with van der Waals surface area (Å²) in [4.78, 5) is 25.1. The molecule has 0 spiro atoms. The lowest BCUT2D eigenvalue weighted by Crippen LogP contribution is -2.54. The van der Waals surface area contributed by atoms with Crippen LogP contribution in [0.3, 0.4) is 0 Å². The number of carboxylic acids is 1. The van der Waals surface area contributed by atoms with Crippen molar-refractivity contribution >= 4 is 12.0 Å². The van der Waals surface area contributed by atoms with Gasteiger partial charge in [-0.1, -0.05) is 26.2 Å². The second-order valence-electron chi connectivity index (χ2n) is 5.97. The largest absolute Gasteiger partial charge is 0.480 e. The Kier molecular flexibility index (Phi) is 4.66. The molecule has 1 atom stereocenters. The number of hydrogen-bond acceptors (Lipinski definition) is 2. The Morgan fingerprint density at radius 3 is 2.47 bits per heavy atom. The van der Waals surface area contributed by atoms with Gasteiger partial charge in [0.2, 0.25) is 0 Å². The first-order chi connectivity index (χ1) is 9.08. The van der Waals surface area contributed by atoms with E-state index >= 15 is 0 Å². The van der Waals surface area contributed by atoms with E-state index in [1.807, 2.05) is 0 Å². The van der Waals surface area contributed by atoms with Gasteiger partial charge in [0.15, 0.2) is 0 Å². The molecule has 2 N–H and O–H groups in total. The molecule has 0 radical (unpaired) electrons. The molecule has 1 saturated heterocycles. The summed E-state index contributed by atoms with van der Waals surface area (Å²) in [5.41, 5.74) is 0. The molecule has 1 aliphatic heterocycles.